The molecule has 1 heterocycles. The lowest BCUT2D eigenvalue weighted by atomic mass is 9.98. The quantitative estimate of drug-likeness (QED) is 0.877. The third kappa shape index (κ3) is 4.15. The molecule has 2 atom stereocenters. The second-order valence-corrected chi connectivity index (χ2v) is 6.40. The van der Waals surface area contributed by atoms with Crippen molar-refractivity contribution in [3.8, 4) is 0 Å². The van der Waals surface area contributed by atoms with Crippen LogP contribution in [0.1, 0.15) is 30.0 Å². The average Bonchev–Trinajstić information content (AvgIpc) is 3.03. The van der Waals surface area contributed by atoms with Crippen LogP contribution in [0.5, 0.6) is 0 Å². The van der Waals surface area contributed by atoms with Gasteiger partial charge in [0.2, 0.25) is 11.8 Å². The van der Waals surface area contributed by atoms with Gasteiger partial charge in [0.15, 0.2) is 0 Å². The molecule has 1 aliphatic heterocycles. The molecule has 2 amide bonds. The summed E-state index contributed by atoms with van der Waals surface area (Å²) in [5.74, 6) is -0.201. The number of halogens is 1. The van der Waals surface area contributed by atoms with E-state index >= 15 is 0 Å². The molecule has 0 bridgehead atoms. The highest BCUT2D eigenvalue weighted by Gasteiger charge is 2.28. The lowest BCUT2D eigenvalue weighted by Crippen LogP contribution is -2.43. The maximum atomic E-state index is 12.5. The van der Waals surface area contributed by atoms with E-state index in [0.717, 1.165) is 11.1 Å². The molecule has 124 valence electrons. The van der Waals surface area contributed by atoms with Crippen LogP contribution in [-0.4, -0.2) is 17.9 Å². The highest BCUT2D eigenvalue weighted by Crippen LogP contribution is 2.20. The minimum Gasteiger partial charge on any atom is -0.347 e. The molecule has 4 nitrogen and oxygen atoms in total. The van der Waals surface area contributed by atoms with Crippen LogP contribution in [-0.2, 0) is 16.0 Å². The van der Waals surface area contributed by atoms with Crippen LogP contribution in [0.4, 0.5) is 0 Å². The first kappa shape index (κ1) is 16.5. The molecule has 2 aromatic carbocycles. The van der Waals surface area contributed by atoms with Gasteiger partial charge in [0.05, 0.1) is 6.04 Å². The number of carbonyl (C=O) groups excluding carboxylic acids is 2. The van der Waals surface area contributed by atoms with E-state index in [9.17, 15) is 9.59 Å². The molecular formula is C19H19ClN2O2. The van der Waals surface area contributed by atoms with Crippen LogP contribution in [0.3, 0.4) is 0 Å². The van der Waals surface area contributed by atoms with Gasteiger partial charge in [-0.1, -0.05) is 54.1 Å². The van der Waals surface area contributed by atoms with Gasteiger partial charge in [-0.3, -0.25) is 9.59 Å². The van der Waals surface area contributed by atoms with Crippen LogP contribution in [0, 0.1) is 0 Å². The van der Waals surface area contributed by atoms with Gasteiger partial charge < -0.3 is 10.6 Å². The minimum absolute atomic E-state index is 0.0656. The highest BCUT2D eigenvalue weighted by molar-refractivity contribution is 6.30. The molecule has 1 saturated heterocycles. The zero-order valence-corrected chi connectivity index (χ0v) is 13.9. The van der Waals surface area contributed by atoms with Crippen molar-refractivity contribution in [2.24, 2.45) is 0 Å². The number of amides is 2. The molecule has 0 radical (unpaired) electrons. The SMILES string of the molecule is O=C1CC[C@@H](C(=O)N[C@H](Cc2ccc(Cl)cc2)c2ccccc2)N1. The zero-order valence-electron chi connectivity index (χ0n) is 13.2. The van der Waals surface area contributed by atoms with Crippen LogP contribution in [0.15, 0.2) is 54.6 Å². The molecule has 0 spiro atoms. The lowest BCUT2D eigenvalue weighted by Gasteiger charge is -2.21. The molecule has 2 N–H and O–H groups in total. The van der Waals surface area contributed by atoms with Crippen molar-refractivity contribution in [2.75, 3.05) is 0 Å². The van der Waals surface area contributed by atoms with Gasteiger partial charge in [-0.15, -0.1) is 0 Å². The van der Waals surface area contributed by atoms with Gasteiger partial charge in [-0.2, -0.15) is 0 Å². The van der Waals surface area contributed by atoms with Crippen LogP contribution in [0.25, 0.3) is 0 Å². The summed E-state index contributed by atoms with van der Waals surface area (Å²) < 4.78 is 0. The van der Waals surface area contributed by atoms with Gasteiger partial charge in [-0.05, 0) is 36.1 Å². The summed E-state index contributed by atoms with van der Waals surface area (Å²) in [6.07, 6.45) is 1.62. The van der Waals surface area contributed by atoms with Gasteiger partial charge >= 0.3 is 0 Å². The fourth-order valence-electron chi connectivity index (χ4n) is 2.88. The van der Waals surface area contributed by atoms with Gasteiger partial charge in [0.1, 0.15) is 6.04 Å². The number of hydrogen-bond donors (Lipinski definition) is 2. The number of carbonyl (C=O) groups is 2. The summed E-state index contributed by atoms with van der Waals surface area (Å²) in [4.78, 5) is 23.8. The van der Waals surface area contributed by atoms with E-state index in [1.165, 1.54) is 0 Å². The Labute approximate surface area is 146 Å². The maximum absolute atomic E-state index is 12.5. The van der Waals surface area contributed by atoms with E-state index in [2.05, 4.69) is 10.6 Å². The maximum Gasteiger partial charge on any atom is 0.243 e. The Kier molecular flexibility index (Phi) is 5.16. The minimum atomic E-state index is -0.436. The summed E-state index contributed by atoms with van der Waals surface area (Å²) in [7, 11) is 0. The fourth-order valence-corrected chi connectivity index (χ4v) is 3.00. The summed E-state index contributed by atoms with van der Waals surface area (Å²) in [5.41, 5.74) is 2.12. The largest absolute Gasteiger partial charge is 0.347 e. The number of benzene rings is 2. The van der Waals surface area contributed by atoms with E-state index in [1.807, 2.05) is 54.6 Å². The first-order valence-electron chi connectivity index (χ1n) is 8.01. The van der Waals surface area contributed by atoms with Gasteiger partial charge in [0, 0.05) is 11.4 Å². The van der Waals surface area contributed by atoms with Crippen molar-refractivity contribution in [1.29, 1.82) is 0 Å². The van der Waals surface area contributed by atoms with Gasteiger partial charge in [-0.25, -0.2) is 0 Å². The molecule has 0 unspecified atom stereocenters. The van der Waals surface area contributed by atoms with E-state index in [0.29, 0.717) is 24.3 Å². The van der Waals surface area contributed by atoms with E-state index < -0.39 is 6.04 Å². The van der Waals surface area contributed by atoms with E-state index in [4.69, 9.17) is 11.6 Å². The molecular weight excluding hydrogens is 324 g/mol. The highest BCUT2D eigenvalue weighted by atomic mass is 35.5. The first-order valence-corrected chi connectivity index (χ1v) is 8.39. The van der Waals surface area contributed by atoms with Crippen molar-refractivity contribution in [1.82, 2.24) is 10.6 Å². The summed E-state index contributed by atoms with van der Waals surface area (Å²) in [6, 6.07) is 16.9. The summed E-state index contributed by atoms with van der Waals surface area (Å²) in [5, 5.41) is 6.47. The fraction of sp³-hybridized carbons (Fsp3) is 0.263. The Morgan fingerprint density at radius 1 is 1.17 bits per heavy atom. The number of hydrogen-bond acceptors (Lipinski definition) is 2. The molecule has 3 rings (SSSR count). The van der Waals surface area contributed by atoms with Crippen LogP contribution < -0.4 is 10.6 Å². The topological polar surface area (TPSA) is 58.2 Å². The van der Waals surface area contributed by atoms with E-state index in [1.54, 1.807) is 0 Å². The molecule has 24 heavy (non-hydrogen) atoms. The predicted molar refractivity (Wildman–Crippen MR) is 93.6 cm³/mol. The second-order valence-electron chi connectivity index (χ2n) is 5.96. The van der Waals surface area contributed by atoms with Crippen LogP contribution in [0.2, 0.25) is 5.02 Å². The Hall–Kier alpha value is -2.33. The average molecular weight is 343 g/mol. The Balaban J connectivity index is 1.76. The predicted octanol–water partition coefficient (Wildman–Crippen LogP) is 3.02. The lowest BCUT2D eigenvalue weighted by molar-refractivity contribution is -0.126. The summed E-state index contributed by atoms with van der Waals surface area (Å²) >= 11 is 5.94. The van der Waals surface area contributed by atoms with Crippen molar-refractivity contribution < 1.29 is 9.59 Å². The smallest absolute Gasteiger partial charge is 0.243 e. The normalized spacial score (nSPS) is 18.0. The second kappa shape index (κ2) is 7.49. The molecule has 2 aromatic rings. The molecule has 1 fully saturated rings. The van der Waals surface area contributed by atoms with Crippen LogP contribution >= 0.6 is 11.6 Å². The molecule has 0 aliphatic carbocycles. The Bertz CT molecular complexity index is 716. The molecule has 5 heteroatoms. The Morgan fingerprint density at radius 3 is 2.50 bits per heavy atom. The monoisotopic (exact) mass is 342 g/mol. The Morgan fingerprint density at radius 2 is 1.88 bits per heavy atom. The zero-order chi connectivity index (χ0) is 16.9. The van der Waals surface area contributed by atoms with Crippen molar-refractivity contribution >= 4 is 23.4 Å². The summed E-state index contributed by atoms with van der Waals surface area (Å²) in [6.45, 7) is 0. The van der Waals surface area contributed by atoms with Crippen molar-refractivity contribution in [3.63, 3.8) is 0 Å². The number of rotatable bonds is 5. The van der Waals surface area contributed by atoms with E-state index in [-0.39, 0.29) is 17.9 Å². The molecule has 0 saturated carbocycles. The van der Waals surface area contributed by atoms with Crippen molar-refractivity contribution in [2.45, 2.75) is 31.3 Å². The third-order valence-corrected chi connectivity index (χ3v) is 4.44. The molecule has 0 aromatic heterocycles. The third-order valence-electron chi connectivity index (χ3n) is 4.18. The number of nitrogens with one attached hydrogen (secondary N) is 2. The first-order chi connectivity index (χ1) is 11.6. The molecule has 1 aliphatic rings. The van der Waals surface area contributed by atoms with Crippen molar-refractivity contribution in [3.05, 3.63) is 70.7 Å². The van der Waals surface area contributed by atoms with Gasteiger partial charge in [0.25, 0.3) is 0 Å². The standard InChI is InChI=1S/C19H19ClN2O2/c20-15-8-6-13(7-9-15)12-17(14-4-2-1-3-5-14)22-19(24)16-10-11-18(23)21-16/h1-9,16-17H,10-12H2,(H,21,23)(H,22,24)/t16-,17+/m0/s1.